The molecule has 92 valence electrons. The first-order chi connectivity index (χ1) is 8.20. The number of rotatable bonds is 4. The van der Waals surface area contributed by atoms with Crippen molar-refractivity contribution in [2.75, 3.05) is 0 Å². The van der Waals surface area contributed by atoms with E-state index in [1.807, 2.05) is 0 Å². The third-order valence-corrected chi connectivity index (χ3v) is 3.14. The monoisotopic (exact) mass is 236 g/mol. The van der Waals surface area contributed by atoms with Crippen LogP contribution in [-0.2, 0) is 11.4 Å². The van der Waals surface area contributed by atoms with Crippen LogP contribution in [0.25, 0.3) is 0 Å². The van der Waals surface area contributed by atoms with Gasteiger partial charge in [-0.15, -0.1) is 0 Å². The fourth-order valence-corrected chi connectivity index (χ4v) is 2.24. The third-order valence-electron chi connectivity index (χ3n) is 3.14. The lowest BCUT2D eigenvalue weighted by molar-refractivity contribution is -0.144. The van der Waals surface area contributed by atoms with Gasteiger partial charge >= 0.3 is 5.97 Å². The van der Waals surface area contributed by atoms with Crippen LogP contribution < -0.4 is 4.74 Å². The van der Waals surface area contributed by atoms with E-state index in [0.29, 0.717) is 12.2 Å². The molecule has 0 saturated heterocycles. The third kappa shape index (κ3) is 2.77. The van der Waals surface area contributed by atoms with Gasteiger partial charge in [0, 0.05) is 0 Å². The second-order valence-corrected chi connectivity index (χ2v) is 4.34. The summed E-state index contributed by atoms with van der Waals surface area (Å²) in [4.78, 5) is 11.0. The van der Waals surface area contributed by atoms with E-state index < -0.39 is 11.9 Å². The van der Waals surface area contributed by atoms with E-state index in [-0.39, 0.29) is 12.7 Å². The molecule has 0 bridgehead atoms. The predicted molar refractivity (Wildman–Crippen MR) is 61.8 cm³/mol. The van der Waals surface area contributed by atoms with Crippen molar-refractivity contribution in [1.82, 2.24) is 0 Å². The summed E-state index contributed by atoms with van der Waals surface area (Å²) < 4.78 is 5.70. The average Bonchev–Trinajstić information content (AvgIpc) is 2.77. The molecule has 17 heavy (non-hydrogen) atoms. The summed E-state index contributed by atoms with van der Waals surface area (Å²) in [5.41, 5.74) is 0.771. The number of aliphatic carboxylic acids is 1. The molecule has 2 unspecified atom stereocenters. The average molecular weight is 236 g/mol. The van der Waals surface area contributed by atoms with Crippen LogP contribution in [0.1, 0.15) is 24.8 Å². The minimum atomic E-state index is -0.786. The van der Waals surface area contributed by atoms with Crippen LogP contribution in [0.4, 0.5) is 0 Å². The van der Waals surface area contributed by atoms with Crippen LogP contribution in [0.2, 0.25) is 0 Å². The molecule has 1 aromatic carbocycles. The molecule has 2 atom stereocenters. The second kappa shape index (κ2) is 5.19. The predicted octanol–water partition coefficient (Wildman–Crippen LogP) is 1.81. The number of ether oxygens (including phenoxy) is 1. The fourth-order valence-electron chi connectivity index (χ4n) is 2.24. The first-order valence-electron chi connectivity index (χ1n) is 5.80. The van der Waals surface area contributed by atoms with Gasteiger partial charge in [-0.25, -0.2) is 0 Å². The molecule has 1 saturated carbocycles. The molecule has 2 N–H and O–H groups in total. The Morgan fingerprint density at radius 3 is 2.94 bits per heavy atom. The summed E-state index contributed by atoms with van der Waals surface area (Å²) in [6.07, 6.45) is 2.10. The molecule has 1 aliphatic rings. The summed E-state index contributed by atoms with van der Waals surface area (Å²) >= 11 is 0. The number of hydrogen-bond donors (Lipinski definition) is 2. The Labute approximate surface area is 99.8 Å². The van der Waals surface area contributed by atoms with Gasteiger partial charge in [0.25, 0.3) is 0 Å². The molecular weight excluding hydrogens is 220 g/mol. The molecule has 0 heterocycles. The fraction of sp³-hybridized carbons (Fsp3) is 0.462. The van der Waals surface area contributed by atoms with E-state index in [9.17, 15) is 4.79 Å². The number of hydrogen-bond acceptors (Lipinski definition) is 3. The lowest BCUT2D eigenvalue weighted by Crippen LogP contribution is -2.27. The van der Waals surface area contributed by atoms with Crippen molar-refractivity contribution in [3.63, 3.8) is 0 Å². The highest BCUT2D eigenvalue weighted by molar-refractivity contribution is 5.71. The van der Waals surface area contributed by atoms with Crippen molar-refractivity contribution in [1.29, 1.82) is 0 Å². The summed E-state index contributed by atoms with van der Waals surface area (Å²) in [7, 11) is 0. The highest BCUT2D eigenvalue weighted by Crippen LogP contribution is 2.30. The van der Waals surface area contributed by atoms with E-state index >= 15 is 0 Å². The molecular formula is C13H16O4. The molecule has 1 fully saturated rings. The summed E-state index contributed by atoms with van der Waals surface area (Å²) in [5, 5.41) is 18.1. The number of carboxylic acids is 1. The lowest BCUT2D eigenvalue weighted by Gasteiger charge is -2.18. The van der Waals surface area contributed by atoms with E-state index in [1.54, 1.807) is 24.3 Å². The molecule has 0 radical (unpaired) electrons. The van der Waals surface area contributed by atoms with E-state index in [4.69, 9.17) is 14.9 Å². The lowest BCUT2D eigenvalue weighted by atomic mass is 10.1. The molecule has 2 rings (SSSR count). The van der Waals surface area contributed by atoms with Crippen molar-refractivity contribution in [2.24, 2.45) is 5.92 Å². The number of aliphatic hydroxyl groups excluding tert-OH is 1. The maximum Gasteiger partial charge on any atom is 0.310 e. The zero-order chi connectivity index (χ0) is 12.3. The molecule has 0 aliphatic heterocycles. The normalized spacial score (nSPS) is 23.6. The van der Waals surface area contributed by atoms with E-state index in [0.717, 1.165) is 18.4 Å². The zero-order valence-corrected chi connectivity index (χ0v) is 9.50. The van der Waals surface area contributed by atoms with Gasteiger partial charge in [0.05, 0.1) is 12.5 Å². The smallest absolute Gasteiger partial charge is 0.310 e. The minimum absolute atomic E-state index is 0.0375. The highest BCUT2D eigenvalue weighted by Gasteiger charge is 2.34. The second-order valence-electron chi connectivity index (χ2n) is 4.34. The van der Waals surface area contributed by atoms with E-state index in [1.165, 1.54) is 0 Å². The number of carbonyl (C=O) groups is 1. The Hall–Kier alpha value is -1.55. The van der Waals surface area contributed by atoms with Crippen molar-refractivity contribution in [3.05, 3.63) is 29.8 Å². The van der Waals surface area contributed by atoms with Crippen LogP contribution >= 0.6 is 0 Å². The zero-order valence-electron chi connectivity index (χ0n) is 9.50. The Kier molecular flexibility index (Phi) is 3.64. The van der Waals surface area contributed by atoms with Gasteiger partial charge in [-0.3, -0.25) is 4.79 Å². The van der Waals surface area contributed by atoms with E-state index in [2.05, 4.69) is 0 Å². The van der Waals surface area contributed by atoms with Crippen LogP contribution in [0.15, 0.2) is 24.3 Å². The first kappa shape index (κ1) is 11.9. The summed E-state index contributed by atoms with van der Waals surface area (Å²) in [6, 6.07) is 7.13. The van der Waals surface area contributed by atoms with Crippen molar-refractivity contribution >= 4 is 5.97 Å². The largest absolute Gasteiger partial charge is 0.490 e. The quantitative estimate of drug-likeness (QED) is 0.836. The van der Waals surface area contributed by atoms with Gasteiger partial charge < -0.3 is 14.9 Å². The van der Waals surface area contributed by atoms with Crippen LogP contribution in [-0.4, -0.2) is 22.3 Å². The van der Waals surface area contributed by atoms with Gasteiger partial charge in [0.2, 0.25) is 0 Å². The number of carboxylic acid groups (broad SMARTS) is 1. The first-order valence-corrected chi connectivity index (χ1v) is 5.80. The highest BCUT2D eigenvalue weighted by atomic mass is 16.5. The summed E-state index contributed by atoms with van der Waals surface area (Å²) in [5.74, 6) is -0.562. The standard InChI is InChI=1S/C13H16O4/c14-8-9-3-1-4-10(7-9)17-12-6-2-5-11(12)13(15)16/h1,3-4,7,11-12,14H,2,5-6,8H2,(H,15,16). The van der Waals surface area contributed by atoms with Crippen LogP contribution in [0.3, 0.4) is 0 Å². The number of aliphatic hydroxyl groups is 1. The molecule has 4 nitrogen and oxygen atoms in total. The van der Waals surface area contributed by atoms with Crippen LogP contribution in [0.5, 0.6) is 5.75 Å². The van der Waals surface area contributed by atoms with Gasteiger partial charge in [-0.2, -0.15) is 0 Å². The van der Waals surface area contributed by atoms with Gasteiger partial charge in [0.15, 0.2) is 0 Å². The number of benzene rings is 1. The van der Waals surface area contributed by atoms with Gasteiger partial charge in [-0.1, -0.05) is 12.1 Å². The van der Waals surface area contributed by atoms with Crippen molar-refractivity contribution < 1.29 is 19.7 Å². The maximum atomic E-state index is 11.0. The molecule has 4 heteroatoms. The van der Waals surface area contributed by atoms with Gasteiger partial charge in [0.1, 0.15) is 11.9 Å². The Morgan fingerprint density at radius 1 is 1.41 bits per heavy atom. The van der Waals surface area contributed by atoms with Gasteiger partial charge in [-0.05, 0) is 37.0 Å². The Balaban J connectivity index is 2.06. The molecule has 0 aromatic heterocycles. The molecule has 0 amide bonds. The van der Waals surface area contributed by atoms with Crippen molar-refractivity contribution in [3.8, 4) is 5.75 Å². The molecule has 0 spiro atoms. The Bertz CT molecular complexity index is 402. The topological polar surface area (TPSA) is 66.8 Å². The maximum absolute atomic E-state index is 11.0. The minimum Gasteiger partial charge on any atom is -0.490 e. The van der Waals surface area contributed by atoms with Crippen molar-refractivity contribution in [2.45, 2.75) is 32.0 Å². The van der Waals surface area contributed by atoms with Crippen LogP contribution in [0, 0.1) is 5.92 Å². The SMILES string of the molecule is O=C(O)C1CCCC1Oc1cccc(CO)c1. The molecule has 1 aliphatic carbocycles. The Morgan fingerprint density at radius 2 is 2.24 bits per heavy atom. The summed E-state index contributed by atoms with van der Waals surface area (Å²) in [6.45, 7) is -0.0375. The molecule has 1 aromatic rings.